The van der Waals surface area contributed by atoms with Gasteiger partial charge in [-0.1, -0.05) is 19.1 Å². The zero-order valence-corrected chi connectivity index (χ0v) is 16.6. The summed E-state index contributed by atoms with van der Waals surface area (Å²) >= 11 is 0. The number of rotatable bonds is 5. The number of ether oxygens (including phenoxy) is 1. The summed E-state index contributed by atoms with van der Waals surface area (Å²) in [5.41, 5.74) is 1.15. The van der Waals surface area contributed by atoms with Crippen molar-refractivity contribution in [2.45, 2.75) is 25.7 Å². The molecule has 0 bridgehead atoms. The van der Waals surface area contributed by atoms with Crippen LogP contribution in [0.3, 0.4) is 0 Å². The molecule has 2 heterocycles. The van der Waals surface area contributed by atoms with Gasteiger partial charge >= 0.3 is 6.18 Å². The summed E-state index contributed by atoms with van der Waals surface area (Å²) < 4.78 is 44.7. The Hall–Kier alpha value is -3.29. The Morgan fingerprint density at radius 2 is 1.90 bits per heavy atom. The fourth-order valence-corrected chi connectivity index (χ4v) is 3.46. The highest BCUT2D eigenvalue weighted by molar-refractivity contribution is 5.56. The first kappa shape index (κ1) is 20.0. The summed E-state index contributed by atoms with van der Waals surface area (Å²) in [6.45, 7) is 2.67. The third kappa shape index (κ3) is 3.90. The number of aromatic amines is 1. The lowest BCUT2D eigenvalue weighted by Gasteiger charge is -2.29. The number of alkyl halides is 3. The van der Waals surface area contributed by atoms with E-state index < -0.39 is 17.9 Å². The van der Waals surface area contributed by atoms with Gasteiger partial charge in [0.1, 0.15) is 23.1 Å². The number of imidazole rings is 1. The van der Waals surface area contributed by atoms with Crippen molar-refractivity contribution < 1.29 is 17.9 Å². The first-order valence-electron chi connectivity index (χ1n) is 9.62. The van der Waals surface area contributed by atoms with Gasteiger partial charge in [0.15, 0.2) is 5.49 Å². The van der Waals surface area contributed by atoms with Crippen molar-refractivity contribution in [1.29, 1.82) is 0 Å². The molecule has 156 valence electrons. The van der Waals surface area contributed by atoms with Crippen LogP contribution in [0.1, 0.15) is 30.6 Å². The van der Waals surface area contributed by atoms with E-state index in [-0.39, 0.29) is 0 Å². The maximum absolute atomic E-state index is 13.2. The van der Waals surface area contributed by atoms with Gasteiger partial charge < -0.3 is 14.6 Å². The molecule has 3 aromatic rings. The number of nitrogens with one attached hydrogen (secondary N) is 1. The SMILES string of the molecule is CCCN1C=c2[nH]c(-c3ccc(OC)cc3)nc2=NC1c1cccc(C(F)(F)F)c1. The predicted molar refractivity (Wildman–Crippen MR) is 107 cm³/mol. The number of fused-ring (bicyclic) bond motifs is 1. The van der Waals surface area contributed by atoms with Crippen LogP contribution in [0.4, 0.5) is 13.2 Å². The van der Waals surface area contributed by atoms with E-state index >= 15 is 0 Å². The molecule has 8 heteroatoms. The normalized spacial score (nSPS) is 15.9. The van der Waals surface area contributed by atoms with E-state index in [0.717, 1.165) is 35.2 Å². The molecular weight excluding hydrogens is 393 g/mol. The molecule has 1 aliphatic rings. The molecule has 1 atom stereocenters. The molecular formula is C22H21F3N4O. The van der Waals surface area contributed by atoms with E-state index in [1.165, 1.54) is 6.07 Å². The molecule has 2 aromatic carbocycles. The van der Waals surface area contributed by atoms with Crippen LogP contribution in [0, 0.1) is 0 Å². The Bertz CT molecular complexity index is 1150. The predicted octanol–water partition coefficient (Wildman–Crippen LogP) is 3.89. The van der Waals surface area contributed by atoms with Crippen LogP contribution in [0.5, 0.6) is 5.75 Å². The first-order chi connectivity index (χ1) is 14.4. The fraction of sp³-hybridized carbons (Fsp3) is 0.273. The van der Waals surface area contributed by atoms with Crippen molar-refractivity contribution in [3.63, 3.8) is 0 Å². The largest absolute Gasteiger partial charge is 0.497 e. The molecule has 0 saturated carbocycles. The van der Waals surface area contributed by atoms with E-state index in [1.807, 2.05) is 42.3 Å². The molecule has 0 amide bonds. The Morgan fingerprint density at radius 1 is 1.13 bits per heavy atom. The summed E-state index contributed by atoms with van der Waals surface area (Å²) in [6, 6.07) is 12.8. The van der Waals surface area contributed by atoms with Gasteiger partial charge in [-0.3, -0.25) is 0 Å². The molecule has 1 aliphatic heterocycles. The minimum Gasteiger partial charge on any atom is -0.497 e. The second kappa shape index (κ2) is 7.85. The summed E-state index contributed by atoms with van der Waals surface area (Å²) in [5, 5.41) is 0.734. The summed E-state index contributed by atoms with van der Waals surface area (Å²) in [7, 11) is 1.60. The van der Waals surface area contributed by atoms with Crippen LogP contribution in [0.15, 0.2) is 53.5 Å². The lowest BCUT2D eigenvalue weighted by Crippen LogP contribution is -2.38. The molecule has 1 aromatic heterocycles. The molecule has 30 heavy (non-hydrogen) atoms. The van der Waals surface area contributed by atoms with Crippen molar-refractivity contribution >= 4 is 6.20 Å². The highest BCUT2D eigenvalue weighted by Gasteiger charge is 2.31. The van der Waals surface area contributed by atoms with Gasteiger partial charge in [0.25, 0.3) is 0 Å². The molecule has 1 unspecified atom stereocenters. The number of hydrogen-bond donors (Lipinski definition) is 1. The number of methoxy groups -OCH3 is 1. The van der Waals surface area contributed by atoms with Crippen molar-refractivity contribution in [2.24, 2.45) is 4.99 Å². The van der Waals surface area contributed by atoms with E-state index in [9.17, 15) is 13.2 Å². The second-order valence-corrected chi connectivity index (χ2v) is 7.04. The Labute approximate surface area is 171 Å². The number of H-pyrrole nitrogens is 1. The van der Waals surface area contributed by atoms with Crippen LogP contribution in [-0.4, -0.2) is 28.5 Å². The number of halogens is 3. The molecule has 0 saturated heterocycles. The van der Waals surface area contributed by atoms with Crippen LogP contribution < -0.4 is 15.6 Å². The van der Waals surface area contributed by atoms with Crippen LogP contribution in [-0.2, 0) is 6.18 Å². The molecule has 4 rings (SSSR count). The zero-order valence-electron chi connectivity index (χ0n) is 16.6. The summed E-state index contributed by atoms with van der Waals surface area (Å²) in [6.07, 6.45) is -2.25. The smallest absolute Gasteiger partial charge is 0.416 e. The second-order valence-electron chi connectivity index (χ2n) is 7.04. The molecule has 5 nitrogen and oxygen atoms in total. The van der Waals surface area contributed by atoms with E-state index in [1.54, 1.807) is 13.2 Å². The van der Waals surface area contributed by atoms with Crippen LogP contribution >= 0.6 is 0 Å². The molecule has 0 fully saturated rings. The van der Waals surface area contributed by atoms with Gasteiger partial charge in [-0.05, 0) is 48.4 Å². The van der Waals surface area contributed by atoms with Gasteiger partial charge in [-0.15, -0.1) is 0 Å². The average molecular weight is 414 g/mol. The third-order valence-corrected chi connectivity index (χ3v) is 4.92. The van der Waals surface area contributed by atoms with E-state index in [4.69, 9.17) is 4.74 Å². The highest BCUT2D eigenvalue weighted by Crippen LogP contribution is 2.32. The number of nitrogens with zero attached hydrogens (tertiary/aromatic N) is 3. The average Bonchev–Trinajstić information content (AvgIpc) is 3.16. The van der Waals surface area contributed by atoms with Gasteiger partial charge in [0.05, 0.1) is 12.7 Å². The van der Waals surface area contributed by atoms with Gasteiger partial charge in [-0.2, -0.15) is 13.2 Å². The van der Waals surface area contributed by atoms with Crippen LogP contribution in [0.2, 0.25) is 0 Å². The number of hydrogen-bond acceptors (Lipinski definition) is 4. The van der Waals surface area contributed by atoms with Gasteiger partial charge in [0.2, 0.25) is 0 Å². The minimum absolute atomic E-state index is 0.481. The minimum atomic E-state index is -4.40. The molecule has 0 spiro atoms. The Kier molecular flexibility index (Phi) is 5.24. The first-order valence-corrected chi connectivity index (χ1v) is 9.62. The molecule has 0 aliphatic carbocycles. The molecule has 0 radical (unpaired) electrons. The third-order valence-electron chi connectivity index (χ3n) is 4.92. The maximum Gasteiger partial charge on any atom is 0.416 e. The zero-order chi connectivity index (χ0) is 21.3. The fourth-order valence-electron chi connectivity index (χ4n) is 3.46. The van der Waals surface area contributed by atoms with Gasteiger partial charge in [0, 0.05) is 18.3 Å². The monoisotopic (exact) mass is 414 g/mol. The number of aromatic nitrogens is 2. The van der Waals surface area contributed by atoms with E-state index in [0.29, 0.717) is 23.4 Å². The lowest BCUT2D eigenvalue weighted by molar-refractivity contribution is -0.137. The molecule has 1 N–H and O–H groups in total. The van der Waals surface area contributed by atoms with E-state index in [2.05, 4.69) is 15.0 Å². The number of benzene rings is 2. The van der Waals surface area contributed by atoms with Crippen molar-refractivity contribution in [1.82, 2.24) is 14.9 Å². The topological polar surface area (TPSA) is 53.5 Å². The highest BCUT2D eigenvalue weighted by atomic mass is 19.4. The van der Waals surface area contributed by atoms with Crippen LogP contribution in [0.25, 0.3) is 17.6 Å². The Morgan fingerprint density at radius 3 is 2.57 bits per heavy atom. The lowest BCUT2D eigenvalue weighted by atomic mass is 10.1. The van der Waals surface area contributed by atoms with Crippen molar-refractivity contribution in [3.8, 4) is 17.1 Å². The standard InChI is InChI=1S/C22H21F3N4O/c1-3-11-29-13-18-20(27-19(26-18)14-7-9-17(30-2)10-8-14)28-21(29)15-5-4-6-16(12-15)22(23,24)25/h4-10,12-13,21H,3,11H2,1-2H3,(H,26,27,28). The quantitative estimate of drug-likeness (QED) is 0.689. The van der Waals surface area contributed by atoms with Crippen molar-refractivity contribution in [3.05, 3.63) is 70.5 Å². The maximum atomic E-state index is 13.2. The van der Waals surface area contributed by atoms with Crippen molar-refractivity contribution in [2.75, 3.05) is 13.7 Å². The summed E-state index contributed by atoms with van der Waals surface area (Å²) in [4.78, 5) is 14.5. The Balaban J connectivity index is 1.76. The van der Waals surface area contributed by atoms with Gasteiger partial charge in [-0.25, -0.2) is 9.98 Å². The summed E-state index contributed by atoms with van der Waals surface area (Å²) in [5.74, 6) is 1.38.